The van der Waals surface area contributed by atoms with Gasteiger partial charge in [0.2, 0.25) is 0 Å². The molecule has 0 atom stereocenters. The summed E-state index contributed by atoms with van der Waals surface area (Å²) < 4.78 is 26.0. The normalized spacial score (nSPS) is 10.6. The summed E-state index contributed by atoms with van der Waals surface area (Å²) in [7, 11) is 3.22. The van der Waals surface area contributed by atoms with Crippen molar-refractivity contribution in [1.29, 1.82) is 0 Å². The van der Waals surface area contributed by atoms with Crippen molar-refractivity contribution in [3.05, 3.63) is 64.8 Å². The zero-order valence-electron chi connectivity index (χ0n) is 16.1. The van der Waals surface area contributed by atoms with Gasteiger partial charge in [0.25, 0.3) is 5.91 Å². The smallest absolute Gasteiger partial charge is 0.345 e. The molecule has 0 bridgehead atoms. The zero-order valence-corrected chi connectivity index (χ0v) is 16.1. The first-order valence-corrected chi connectivity index (χ1v) is 8.91. The molecule has 152 valence electrons. The van der Waals surface area contributed by atoms with Crippen molar-refractivity contribution in [3.8, 4) is 22.9 Å². The van der Waals surface area contributed by atoms with Gasteiger partial charge in [-0.2, -0.15) is 0 Å². The second kappa shape index (κ2) is 9.05. The Balaban J connectivity index is 1.54. The average Bonchev–Trinajstić information content (AvgIpc) is 3.02. The van der Waals surface area contributed by atoms with E-state index in [1.165, 1.54) is 33.5 Å². The fourth-order valence-corrected chi connectivity index (χ4v) is 2.66. The van der Waals surface area contributed by atoms with E-state index < -0.39 is 0 Å². The van der Waals surface area contributed by atoms with E-state index in [1.54, 1.807) is 26.3 Å². The summed E-state index contributed by atoms with van der Waals surface area (Å²) in [4.78, 5) is 24.2. The predicted molar refractivity (Wildman–Crippen MR) is 104 cm³/mol. The van der Waals surface area contributed by atoms with Gasteiger partial charge in [0.15, 0.2) is 12.4 Å². The molecule has 2 aromatic carbocycles. The molecule has 9 heteroatoms. The number of nitrogens with one attached hydrogen (secondary N) is 1. The number of rotatable bonds is 8. The monoisotopic (exact) mass is 400 g/mol. The first-order valence-electron chi connectivity index (χ1n) is 8.91. The van der Waals surface area contributed by atoms with Crippen molar-refractivity contribution < 1.29 is 18.7 Å². The average molecular weight is 400 g/mol. The van der Waals surface area contributed by atoms with E-state index in [1.807, 2.05) is 12.1 Å². The lowest BCUT2D eigenvalue weighted by Crippen LogP contribution is -2.34. The van der Waals surface area contributed by atoms with Crippen molar-refractivity contribution >= 4 is 5.91 Å². The topological polar surface area (TPSA) is 87.4 Å². The van der Waals surface area contributed by atoms with Crippen molar-refractivity contribution in [2.45, 2.75) is 6.54 Å². The molecule has 0 unspecified atom stereocenters. The lowest BCUT2D eigenvalue weighted by atomic mass is 10.2. The Morgan fingerprint density at radius 1 is 1.10 bits per heavy atom. The fourth-order valence-electron chi connectivity index (χ4n) is 2.66. The van der Waals surface area contributed by atoms with Gasteiger partial charge in [-0.15, -0.1) is 5.10 Å². The van der Waals surface area contributed by atoms with Gasteiger partial charge in [-0.25, -0.2) is 13.9 Å². The van der Waals surface area contributed by atoms with E-state index in [9.17, 15) is 14.0 Å². The summed E-state index contributed by atoms with van der Waals surface area (Å²) in [5.74, 6) is 0.893. The zero-order chi connectivity index (χ0) is 20.8. The highest BCUT2D eigenvalue weighted by molar-refractivity contribution is 5.77. The van der Waals surface area contributed by atoms with E-state index in [4.69, 9.17) is 9.47 Å². The van der Waals surface area contributed by atoms with Gasteiger partial charge in [-0.05, 0) is 48.5 Å². The lowest BCUT2D eigenvalue weighted by Gasteiger charge is -2.07. The number of carbonyl (C=O) groups is 1. The highest BCUT2D eigenvalue weighted by Gasteiger charge is 2.12. The van der Waals surface area contributed by atoms with E-state index in [0.717, 1.165) is 5.56 Å². The van der Waals surface area contributed by atoms with E-state index >= 15 is 0 Å². The molecule has 29 heavy (non-hydrogen) atoms. The number of aromatic nitrogens is 3. The third-order valence-corrected chi connectivity index (χ3v) is 4.22. The van der Waals surface area contributed by atoms with Gasteiger partial charge in [0.05, 0.1) is 13.7 Å². The van der Waals surface area contributed by atoms with Gasteiger partial charge in [0.1, 0.15) is 17.3 Å². The molecule has 0 aliphatic rings. The highest BCUT2D eigenvalue weighted by atomic mass is 19.1. The van der Waals surface area contributed by atoms with Crippen LogP contribution in [0.1, 0.15) is 0 Å². The van der Waals surface area contributed by atoms with Crippen LogP contribution in [-0.2, 0) is 18.4 Å². The Bertz CT molecular complexity index is 1030. The Morgan fingerprint density at radius 3 is 2.41 bits per heavy atom. The SMILES string of the molecule is COc1ccc(-c2nn(CCNC(=O)COc3ccc(F)cc3)c(=O)n2C)cc1. The molecule has 1 N–H and O–H groups in total. The van der Waals surface area contributed by atoms with Gasteiger partial charge < -0.3 is 14.8 Å². The summed E-state index contributed by atoms with van der Waals surface area (Å²) >= 11 is 0. The third-order valence-electron chi connectivity index (χ3n) is 4.22. The first-order chi connectivity index (χ1) is 14.0. The minimum Gasteiger partial charge on any atom is -0.497 e. The molecule has 3 rings (SSSR count). The lowest BCUT2D eigenvalue weighted by molar-refractivity contribution is -0.123. The number of carbonyl (C=O) groups excluding carboxylic acids is 1. The molecule has 8 nitrogen and oxygen atoms in total. The molecule has 1 amide bonds. The van der Waals surface area contributed by atoms with Crippen LogP contribution < -0.4 is 20.5 Å². The standard InChI is InChI=1S/C20H21FN4O4/c1-24-19(14-3-7-16(28-2)8-4-14)23-25(20(24)27)12-11-22-18(26)13-29-17-9-5-15(21)6-10-17/h3-10H,11-13H2,1-2H3,(H,22,26). The quantitative estimate of drug-likeness (QED) is 0.621. The van der Waals surface area contributed by atoms with Crippen LogP contribution in [0, 0.1) is 5.82 Å². The van der Waals surface area contributed by atoms with E-state index in [2.05, 4.69) is 10.4 Å². The maximum absolute atomic E-state index is 12.8. The van der Waals surface area contributed by atoms with Crippen molar-refractivity contribution in [1.82, 2.24) is 19.7 Å². The molecular formula is C20H21FN4O4. The van der Waals surface area contributed by atoms with Crippen LogP contribution >= 0.6 is 0 Å². The molecule has 1 aromatic heterocycles. The molecule has 1 heterocycles. The van der Waals surface area contributed by atoms with Crippen molar-refractivity contribution in [2.75, 3.05) is 20.3 Å². The maximum Gasteiger partial charge on any atom is 0.345 e. The third kappa shape index (κ3) is 5.01. The minimum absolute atomic E-state index is 0.208. The number of amides is 1. The van der Waals surface area contributed by atoms with Crippen molar-refractivity contribution in [2.24, 2.45) is 7.05 Å². The summed E-state index contributed by atoms with van der Waals surface area (Å²) in [6.07, 6.45) is 0. The van der Waals surface area contributed by atoms with Crippen LogP contribution in [0.25, 0.3) is 11.4 Å². The van der Waals surface area contributed by atoms with Gasteiger partial charge in [-0.3, -0.25) is 9.36 Å². The summed E-state index contributed by atoms with van der Waals surface area (Å²) in [6, 6.07) is 12.6. The number of benzene rings is 2. The van der Waals surface area contributed by atoms with Crippen molar-refractivity contribution in [3.63, 3.8) is 0 Å². The Morgan fingerprint density at radius 2 is 1.76 bits per heavy atom. The number of hydrogen-bond acceptors (Lipinski definition) is 5. The molecule has 0 radical (unpaired) electrons. The first kappa shape index (κ1) is 20.1. The highest BCUT2D eigenvalue weighted by Crippen LogP contribution is 2.19. The molecular weight excluding hydrogens is 379 g/mol. The number of ether oxygens (including phenoxy) is 2. The fraction of sp³-hybridized carbons (Fsp3) is 0.250. The van der Waals surface area contributed by atoms with Crippen LogP contribution in [0.2, 0.25) is 0 Å². The van der Waals surface area contributed by atoms with Gasteiger partial charge in [0, 0.05) is 19.2 Å². The number of methoxy groups -OCH3 is 1. The molecule has 3 aromatic rings. The van der Waals surface area contributed by atoms with Gasteiger partial charge >= 0.3 is 5.69 Å². The van der Waals surface area contributed by atoms with E-state index in [-0.39, 0.29) is 37.1 Å². The number of hydrogen-bond donors (Lipinski definition) is 1. The summed E-state index contributed by atoms with van der Waals surface area (Å²) in [5, 5.41) is 7.00. The Labute approximate surface area is 166 Å². The van der Waals surface area contributed by atoms with Crippen LogP contribution in [0.5, 0.6) is 11.5 Å². The predicted octanol–water partition coefficient (Wildman–Crippen LogP) is 1.59. The van der Waals surface area contributed by atoms with Crippen LogP contribution in [0.15, 0.2) is 53.3 Å². The number of nitrogens with zero attached hydrogens (tertiary/aromatic N) is 3. The maximum atomic E-state index is 12.8. The Kier molecular flexibility index (Phi) is 6.28. The van der Waals surface area contributed by atoms with Crippen LogP contribution in [0.3, 0.4) is 0 Å². The number of halogens is 1. The molecule has 0 aliphatic heterocycles. The van der Waals surface area contributed by atoms with Crippen LogP contribution in [-0.4, -0.2) is 40.5 Å². The largest absolute Gasteiger partial charge is 0.497 e. The second-order valence-electron chi connectivity index (χ2n) is 6.21. The Hall–Kier alpha value is -3.62. The molecule has 0 saturated carbocycles. The molecule has 0 saturated heterocycles. The summed E-state index contributed by atoms with van der Waals surface area (Å²) in [6.45, 7) is 0.218. The molecule has 0 spiro atoms. The summed E-state index contributed by atoms with van der Waals surface area (Å²) in [5.41, 5.74) is 0.494. The van der Waals surface area contributed by atoms with Gasteiger partial charge in [-0.1, -0.05) is 0 Å². The molecule has 0 fully saturated rings. The minimum atomic E-state index is -0.378. The molecule has 0 aliphatic carbocycles. The van der Waals surface area contributed by atoms with E-state index in [0.29, 0.717) is 17.3 Å². The second-order valence-corrected chi connectivity index (χ2v) is 6.21. The van der Waals surface area contributed by atoms with Crippen LogP contribution in [0.4, 0.5) is 4.39 Å².